The highest BCUT2D eigenvalue weighted by atomic mass is 16.6. The van der Waals surface area contributed by atoms with Gasteiger partial charge in [-0.2, -0.15) is 0 Å². The van der Waals surface area contributed by atoms with Gasteiger partial charge in [-0.25, -0.2) is 4.79 Å². The predicted molar refractivity (Wildman–Crippen MR) is 86.0 cm³/mol. The smallest absolute Gasteiger partial charge is 0.411 e. The van der Waals surface area contributed by atoms with Gasteiger partial charge in [0.25, 0.3) is 0 Å². The zero-order valence-electron chi connectivity index (χ0n) is 13.5. The standard InChI is InChI=1S/C16H24N2O5/c1-20-12-13-23-16(19)17-14-2-4-15(5-3-14)22-11-8-18-6-9-21-10-7-18/h2-5H,6-13H2,1H3,(H,17,19). The van der Waals surface area contributed by atoms with Crippen molar-refractivity contribution in [2.45, 2.75) is 0 Å². The number of hydrogen-bond donors (Lipinski definition) is 1. The number of rotatable bonds is 8. The first-order valence-electron chi connectivity index (χ1n) is 7.73. The summed E-state index contributed by atoms with van der Waals surface area (Å²) in [6, 6.07) is 7.21. The molecule has 0 aliphatic carbocycles. The van der Waals surface area contributed by atoms with Crippen molar-refractivity contribution in [3.05, 3.63) is 24.3 Å². The van der Waals surface area contributed by atoms with E-state index in [0.29, 0.717) is 18.9 Å². The van der Waals surface area contributed by atoms with E-state index in [4.69, 9.17) is 18.9 Å². The lowest BCUT2D eigenvalue weighted by Crippen LogP contribution is -2.38. The third kappa shape index (κ3) is 6.85. The Kier molecular flexibility index (Phi) is 7.65. The van der Waals surface area contributed by atoms with Crippen molar-refractivity contribution in [2.75, 3.05) is 65.1 Å². The number of carbonyl (C=O) groups excluding carboxylic acids is 1. The first kappa shape index (κ1) is 17.5. The van der Waals surface area contributed by atoms with Gasteiger partial charge < -0.3 is 18.9 Å². The second-order valence-corrected chi connectivity index (χ2v) is 5.08. The van der Waals surface area contributed by atoms with Crippen LogP contribution in [0.4, 0.5) is 10.5 Å². The van der Waals surface area contributed by atoms with Crippen LogP contribution in [0.15, 0.2) is 24.3 Å². The van der Waals surface area contributed by atoms with Gasteiger partial charge in [0, 0.05) is 32.4 Å². The Morgan fingerprint density at radius 3 is 2.61 bits per heavy atom. The quantitative estimate of drug-likeness (QED) is 0.733. The molecule has 23 heavy (non-hydrogen) atoms. The highest BCUT2D eigenvalue weighted by Crippen LogP contribution is 2.16. The van der Waals surface area contributed by atoms with Crippen LogP contribution < -0.4 is 10.1 Å². The number of methoxy groups -OCH3 is 1. The molecule has 0 saturated carbocycles. The number of benzene rings is 1. The average Bonchev–Trinajstić information content (AvgIpc) is 2.58. The van der Waals surface area contributed by atoms with Crippen LogP contribution in [0.3, 0.4) is 0 Å². The topological polar surface area (TPSA) is 69.3 Å². The normalized spacial score (nSPS) is 15.2. The van der Waals surface area contributed by atoms with Gasteiger partial charge in [-0.1, -0.05) is 0 Å². The highest BCUT2D eigenvalue weighted by Gasteiger charge is 2.09. The molecule has 2 rings (SSSR count). The van der Waals surface area contributed by atoms with Crippen LogP contribution in [0, 0.1) is 0 Å². The predicted octanol–water partition coefficient (Wildman–Crippen LogP) is 1.59. The van der Waals surface area contributed by atoms with Crippen molar-refractivity contribution in [2.24, 2.45) is 0 Å². The lowest BCUT2D eigenvalue weighted by atomic mass is 10.3. The molecule has 1 heterocycles. The molecule has 1 aromatic rings. The Balaban J connectivity index is 1.66. The van der Waals surface area contributed by atoms with Crippen LogP contribution in [0.25, 0.3) is 0 Å². The lowest BCUT2D eigenvalue weighted by molar-refractivity contribution is 0.0322. The molecule has 0 atom stereocenters. The fourth-order valence-corrected chi connectivity index (χ4v) is 2.12. The van der Waals surface area contributed by atoms with E-state index in [0.717, 1.165) is 38.6 Å². The summed E-state index contributed by atoms with van der Waals surface area (Å²) < 4.78 is 20.7. The van der Waals surface area contributed by atoms with E-state index >= 15 is 0 Å². The van der Waals surface area contributed by atoms with Gasteiger partial charge in [-0.3, -0.25) is 10.2 Å². The second kappa shape index (κ2) is 10.0. The minimum Gasteiger partial charge on any atom is -0.492 e. The largest absolute Gasteiger partial charge is 0.492 e. The van der Waals surface area contributed by atoms with Crippen molar-refractivity contribution in [3.8, 4) is 5.75 Å². The molecule has 1 N–H and O–H groups in total. The molecule has 1 aromatic carbocycles. The molecule has 0 bridgehead atoms. The monoisotopic (exact) mass is 324 g/mol. The van der Waals surface area contributed by atoms with Crippen LogP contribution in [0.5, 0.6) is 5.75 Å². The van der Waals surface area contributed by atoms with E-state index in [1.54, 1.807) is 19.2 Å². The molecular formula is C16H24N2O5. The van der Waals surface area contributed by atoms with Gasteiger partial charge in [0.2, 0.25) is 0 Å². The molecule has 1 saturated heterocycles. The molecule has 0 spiro atoms. The maximum Gasteiger partial charge on any atom is 0.411 e. The van der Waals surface area contributed by atoms with E-state index < -0.39 is 6.09 Å². The van der Waals surface area contributed by atoms with Crippen molar-refractivity contribution in [3.63, 3.8) is 0 Å². The molecule has 1 amide bonds. The fourth-order valence-electron chi connectivity index (χ4n) is 2.12. The molecular weight excluding hydrogens is 300 g/mol. The van der Waals surface area contributed by atoms with Crippen molar-refractivity contribution < 1.29 is 23.7 Å². The zero-order chi connectivity index (χ0) is 16.3. The molecule has 1 fully saturated rings. The Labute approximate surface area is 136 Å². The summed E-state index contributed by atoms with van der Waals surface area (Å²) in [6.45, 7) is 5.62. The molecule has 128 valence electrons. The summed E-state index contributed by atoms with van der Waals surface area (Å²) >= 11 is 0. The van der Waals surface area contributed by atoms with E-state index in [9.17, 15) is 4.79 Å². The zero-order valence-corrected chi connectivity index (χ0v) is 13.5. The number of carbonyl (C=O) groups is 1. The van der Waals surface area contributed by atoms with Gasteiger partial charge in [-0.05, 0) is 24.3 Å². The molecule has 0 radical (unpaired) electrons. The molecule has 1 aliphatic heterocycles. The van der Waals surface area contributed by atoms with Crippen molar-refractivity contribution in [1.82, 2.24) is 4.90 Å². The van der Waals surface area contributed by atoms with E-state index in [2.05, 4.69) is 10.2 Å². The van der Waals surface area contributed by atoms with Gasteiger partial charge in [0.05, 0.1) is 19.8 Å². The van der Waals surface area contributed by atoms with Gasteiger partial charge in [-0.15, -0.1) is 0 Å². The van der Waals surface area contributed by atoms with Crippen LogP contribution in [-0.2, 0) is 14.2 Å². The van der Waals surface area contributed by atoms with Crippen LogP contribution >= 0.6 is 0 Å². The van der Waals surface area contributed by atoms with Crippen LogP contribution in [0.1, 0.15) is 0 Å². The fraction of sp³-hybridized carbons (Fsp3) is 0.562. The summed E-state index contributed by atoms with van der Waals surface area (Å²) in [4.78, 5) is 13.8. The Hall–Kier alpha value is -1.83. The molecule has 7 nitrogen and oxygen atoms in total. The molecule has 7 heteroatoms. The van der Waals surface area contributed by atoms with Crippen LogP contribution in [0.2, 0.25) is 0 Å². The Morgan fingerprint density at radius 2 is 1.91 bits per heavy atom. The summed E-state index contributed by atoms with van der Waals surface area (Å²) in [6.07, 6.45) is -0.497. The Bertz CT molecular complexity index is 460. The van der Waals surface area contributed by atoms with Gasteiger partial charge in [0.15, 0.2) is 0 Å². The maximum absolute atomic E-state index is 11.5. The second-order valence-electron chi connectivity index (χ2n) is 5.08. The molecule has 1 aliphatic rings. The number of ether oxygens (including phenoxy) is 4. The number of morpholine rings is 1. The third-order valence-corrected chi connectivity index (χ3v) is 3.40. The highest BCUT2D eigenvalue weighted by molar-refractivity contribution is 5.84. The SMILES string of the molecule is COCCOC(=O)Nc1ccc(OCCN2CCOCC2)cc1. The van der Waals surface area contributed by atoms with Gasteiger partial charge in [0.1, 0.15) is 19.0 Å². The van der Waals surface area contributed by atoms with Gasteiger partial charge >= 0.3 is 6.09 Å². The minimum atomic E-state index is -0.497. The number of anilines is 1. The molecule has 0 aromatic heterocycles. The first-order chi connectivity index (χ1) is 11.3. The number of amides is 1. The summed E-state index contributed by atoms with van der Waals surface area (Å²) in [5.41, 5.74) is 0.660. The average molecular weight is 324 g/mol. The summed E-state index contributed by atoms with van der Waals surface area (Å²) in [5.74, 6) is 0.775. The number of nitrogens with zero attached hydrogens (tertiary/aromatic N) is 1. The third-order valence-electron chi connectivity index (χ3n) is 3.40. The van der Waals surface area contributed by atoms with Crippen molar-refractivity contribution in [1.29, 1.82) is 0 Å². The first-order valence-corrected chi connectivity index (χ1v) is 7.73. The van der Waals surface area contributed by atoms with E-state index in [1.807, 2.05) is 12.1 Å². The summed E-state index contributed by atoms with van der Waals surface area (Å²) in [5, 5.41) is 2.64. The Morgan fingerprint density at radius 1 is 1.17 bits per heavy atom. The van der Waals surface area contributed by atoms with Crippen molar-refractivity contribution >= 4 is 11.8 Å². The van der Waals surface area contributed by atoms with E-state index in [-0.39, 0.29) is 6.61 Å². The van der Waals surface area contributed by atoms with Crippen LogP contribution in [-0.4, -0.2) is 70.8 Å². The summed E-state index contributed by atoms with van der Waals surface area (Å²) in [7, 11) is 1.55. The molecule has 0 unspecified atom stereocenters. The maximum atomic E-state index is 11.5. The lowest BCUT2D eigenvalue weighted by Gasteiger charge is -2.26. The number of nitrogens with one attached hydrogen (secondary N) is 1. The number of hydrogen-bond acceptors (Lipinski definition) is 6. The van der Waals surface area contributed by atoms with E-state index in [1.165, 1.54) is 0 Å². The minimum absolute atomic E-state index is 0.227.